The summed E-state index contributed by atoms with van der Waals surface area (Å²) in [4.78, 5) is 0. The van der Waals surface area contributed by atoms with Crippen molar-refractivity contribution in [1.82, 2.24) is 0 Å². The van der Waals surface area contributed by atoms with Gasteiger partial charge >= 0.3 is 0 Å². The highest BCUT2D eigenvalue weighted by Crippen LogP contribution is 2.28. The van der Waals surface area contributed by atoms with Gasteiger partial charge in [-0.1, -0.05) is 78.9 Å². The molecule has 0 amide bonds. The number of fused-ring (bicyclic) bond motifs is 2. The van der Waals surface area contributed by atoms with E-state index in [2.05, 4.69) is 96.0 Å². The number of aryl methyl sites for hydroxylation is 1. The molecule has 4 aromatic rings. The Morgan fingerprint density at radius 2 is 1.19 bits per heavy atom. The lowest BCUT2D eigenvalue weighted by molar-refractivity contribution is 1.27. The Labute approximate surface area is 152 Å². The van der Waals surface area contributed by atoms with Crippen LogP contribution in [0.1, 0.15) is 23.1 Å². The molecule has 0 atom stereocenters. The van der Waals surface area contributed by atoms with Gasteiger partial charge in [-0.2, -0.15) is 10.2 Å². The van der Waals surface area contributed by atoms with Crippen molar-refractivity contribution in [1.29, 1.82) is 0 Å². The zero-order valence-electron chi connectivity index (χ0n) is 14.6. The molecule has 2 nitrogen and oxygen atoms in total. The van der Waals surface area contributed by atoms with Crippen LogP contribution in [0, 0.1) is 6.92 Å². The summed E-state index contributed by atoms with van der Waals surface area (Å²) in [5.74, 6) is 0. The fourth-order valence-corrected chi connectivity index (χ4v) is 3.83. The summed E-state index contributed by atoms with van der Waals surface area (Å²) in [7, 11) is 0. The Morgan fingerprint density at radius 1 is 0.577 bits per heavy atom. The lowest BCUT2D eigenvalue weighted by Crippen LogP contribution is -2.06. The first-order chi connectivity index (χ1) is 12.8. The standard InChI is InChI=1S/C24H18N2/c1-16-13-14-22(20-11-5-4-9-18(16)20)24-15-23(25-26-24)21-12-6-8-17-7-2-3-10-19(17)21/h2-14H,15H2,1H3. The summed E-state index contributed by atoms with van der Waals surface area (Å²) in [5.41, 5.74) is 5.74. The summed E-state index contributed by atoms with van der Waals surface area (Å²) >= 11 is 0. The molecule has 0 N–H and O–H groups in total. The van der Waals surface area contributed by atoms with Gasteiger partial charge in [0.15, 0.2) is 0 Å². The Balaban J connectivity index is 1.56. The third-order valence-corrected chi connectivity index (χ3v) is 5.18. The highest BCUT2D eigenvalue weighted by Gasteiger charge is 2.19. The average molecular weight is 334 g/mol. The van der Waals surface area contributed by atoms with E-state index in [1.807, 2.05) is 0 Å². The average Bonchev–Trinajstić information content (AvgIpc) is 3.18. The second kappa shape index (κ2) is 5.92. The fourth-order valence-electron chi connectivity index (χ4n) is 3.83. The second-order valence-electron chi connectivity index (χ2n) is 6.77. The van der Waals surface area contributed by atoms with Crippen molar-refractivity contribution in [3.05, 3.63) is 95.6 Å². The van der Waals surface area contributed by atoms with E-state index in [0.29, 0.717) is 0 Å². The molecule has 0 saturated heterocycles. The highest BCUT2D eigenvalue weighted by atomic mass is 15.2. The van der Waals surface area contributed by atoms with Crippen LogP contribution in [0.15, 0.2) is 89.1 Å². The van der Waals surface area contributed by atoms with Crippen molar-refractivity contribution in [3.63, 3.8) is 0 Å². The van der Waals surface area contributed by atoms with Crippen molar-refractivity contribution >= 4 is 33.0 Å². The molecule has 0 fully saturated rings. The summed E-state index contributed by atoms with van der Waals surface area (Å²) < 4.78 is 0. The minimum atomic E-state index is 0.765. The Morgan fingerprint density at radius 3 is 2.00 bits per heavy atom. The van der Waals surface area contributed by atoms with Crippen LogP contribution in [0.25, 0.3) is 21.5 Å². The van der Waals surface area contributed by atoms with E-state index in [0.717, 1.165) is 17.8 Å². The Bertz CT molecular complexity index is 1210. The molecule has 2 heteroatoms. The largest absolute Gasteiger partial charge is 0.154 e. The maximum atomic E-state index is 4.55. The monoisotopic (exact) mass is 334 g/mol. The maximum absolute atomic E-state index is 4.55. The molecular weight excluding hydrogens is 316 g/mol. The third-order valence-electron chi connectivity index (χ3n) is 5.18. The molecule has 5 rings (SSSR count). The molecule has 26 heavy (non-hydrogen) atoms. The number of hydrogen-bond acceptors (Lipinski definition) is 2. The summed E-state index contributed by atoms with van der Waals surface area (Å²) in [6.07, 6.45) is 0.765. The van der Waals surface area contributed by atoms with E-state index >= 15 is 0 Å². The van der Waals surface area contributed by atoms with Crippen molar-refractivity contribution in [3.8, 4) is 0 Å². The first-order valence-corrected chi connectivity index (χ1v) is 8.91. The molecule has 1 aliphatic rings. The molecule has 1 aliphatic heterocycles. The van der Waals surface area contributed by atoms with Crippen molar-refractivity contribution in [2.24, 2.45) is 10.2 Å². The van der Waals surface area contributed by atoms with Gasteiger partial charge in [-0.15, -0.1) is 0 Å². The van der Waals surface area contributed by atoms with E-state index in [1.54, 1.807) is 0 Å². The van der Waals surface area contributed by atoms with Crippen LogP contribution >= 0.6 is 0 Å². The molecule has 0 unspecified atom stereocenters. The molecule has 4 aromatic carbocycles. The van der Waals surface area contributed by atoms with Gasteiger partial charge in [0.25, 0.3) is 0 Å². The minimum absolute atomic E-state index is 0.765. The van der Waals surface area contributed by atoms with Gasteiger partial charge in [-0.05, 0) is 34.0 Å². The molecule has 0 radical (unpaired) electrons. The van der Waals surface area contributed by atoms with E-state index in [9.17, 15) is 0 Å². The van der Waals surface area contributed by atoms with E-state index in [1.165, 1.54) is 38.2 Å². The Kier molecular flexibility index (Phi) is 3.42. The molecule has 0 spiro atoms. The van der Waals surface area contributed by atoms with Gasteiger partial charge in [0.1, 0.15) is 0 Å². The third kappa shape index (κ3) is 2.34. The number of nitrogens with zero attached hydrogens (tertiary/aromatic N) is 2. The predicted molar refractivity (Wildman–Crippen MR) is 110 cm³/mol. The predicted octanol–water partition coefficient (Wildman–Crippen LogP) is 5.90. The van der Waals surface area contributed by atoms with Crippen LogP contribution in [0.5, 0.6) is 0 Å². The normalized spacial score (nSPS) is 13.9. The molecule has 124 valence electrons. The summed E-state index contributed by atoms with van der Waals surface area (Å²) in [6, 6.07) is 27.7. The van der Waals surface area contributed by atoms with Crippen molar-refractivity contribution in [2.75, 3.05) is 0 Å². The van der Waals surface area contributed by atoms with Gasteiger partial charge in [-0.3, -0.25) is 0 Å². The molecule has 1 heterocycles. The van der Waals surface area contributed by atoms with Gasteiger partial charge < -0.3 is 0 Å². The number of rotatable bonds is 2. The lowest BCUT2D eigenvalue weighted by atomic mass is 9.93. The fraction of sp³-hybridized carbons (Fsp3) is 0.0833. The van der Waals surface area contributed by atoms with Crippen LogP contribution in [0.4, 0.5) is 0 Å². The van der Waals surface area contributed by atoms with Gasteiger partial charge in [0, 0.05) is 17.5 Å². The maximum Gasteiger partial charge on any atom is 0.0769 e. The smallest absolute Gasteiger partial charge is 0.0769 e. The molecule has 0 aromatic heterocycles. The summed E-state index contributed by atoms with van der Waals surface area (Å²) in [5, 5.41) is 14.1. The van der Waals surface area contributed by atoms with Crippen LogP contribution in [-0.2, 0) is 0 Å². The topological polar surface area (TPSA) is 24.7 Å². The number of hydrogen-bond donors (Lipinski definition) is 0. The first kappa shape index (κ1) is 15.0. The van der Waals surface area contributed by atoms with Gasteiger partial charge in [0.2, 0.25) is 0 Å². The van der Waals surface area contributed by atoms with Gasteiger partial charge in [0.05, 0.1) is 11.4 Å². The van der Waals surface area contributed by atoms with Crippen molar-refractivity contribution in [2.45, 2.75) is 13.3 Å². The molecular formula is C24H18N2. The number of benzene rings is 4. The lowest BCUT2D eigenvalue weighted by Gasteiger charge is -2.09. The van der Waals surface area contributed by atoms with Crippen LogP contribution in [-0.4, -0.2) is 11.4 Å². The summed E-state index contributed by atoms with van der Waals surface area (Å²) in [6.45, 7) is 2.15. The minimum Gasteiger partial charge on any atom is -0.154 e. The molecule has 0 saturated carbocycles. The highest BCUT2D eigenvalue weighted by molar-refractivity contribution is 6.26. The zero-order valence-corrected chi connectivity index (χ0v) is 14.6. The quantitative estimate of drug-likeness (QED) is 0.436. The SMILES string of the molecule is Cc1ccc(C2=NN=C(c3cccc4ccccc34)C2)c2ccccc12. The van der Waals surface area contributed by atoms with Crippen molar-refractivity contribution < 1.29 is 0 Å². The molecule has 0 aliphatic carbocycles. The van der Waals surface area contributed by atoms with Gasteiger partial charge in [-0.25, -0.2) is 0 Å². The first-order valence-electron chi connectivity index (χ1n) is 8.91. The second-order valence-corrected chi connectivity index (χ2v) is 6.77. The van der Waals surface area contributed by atoms with Crippen LogP contribution < -0.4 is 0 Å². The zero-order chi connectivity index (χ0) is 17.5. The Hall–Kier alpha value is -3.26. The van der Waals surface area contributed by atoms with E-state index in [4.69, 9.17) is 0 Å². The van der Waals surface area contributed by atoms with E-state index in [-0.39, 0.29) is 0 Å². The van der Waals surface area contributed by atoms with Crippen LogP contribution in [0.3, 0.4) is 0 Å². The molecule has 0 bridgehead atoms. The van der Waals surface area contributed by atoms with E-state index < -0.39 is 0 Å². The van der Waals surface area contributed by atoms with Crippen LogP contribution in [0.2, 0.25) is 0 Å².